The SMILES string of the molecule is Cc1cc(C(=O)N2CCCC2)ccc1NC(=O)CCCN.Cl. The van der Waals surface area contributed by atoms with Gasteiger partial charge in [0.1, 0.15) is 0 Å². The Balaban J connectivity index is 0.00000242. The van der Waals surface area contributed by atoms with Crippen LogP contribution < -0.4 is 11.1 Å². The van der Waals surface area contributed by atoms with E-state index in [1.54, 1.807) is 12.1 Å². The third-order valence-electron chi connectivity index (χ3n) is 3.75. The summed E-state index contributed by atoms with van der Waals surface area (Å²) in [5.74, 6) is 0.0405. The Morgan fingerprint density at radius 2 is 1.95 bits per heavy atom. The highest BCUT2D eigenvalue weighted by Gasteiger charge is 2.19. The molecular formula is C16H24ClN3O2. The van der Waals surface area contributed by atoms with E-state index in [4.69, 9.17) is 5.73 Å². The molecule has 0 spiro atoms. The summed E-state index contributed by atoms with van der Waals surface area (Å²) in [5, 5.41) is 2.86. The molecule has 1 heterocycles. The number of hydrogen-bond acceptors (Lipinski definition) is 3. The van der Waals surface area contributed by atoms with Gasteiger partial charge in [0.2, 0.25) is 5.91 Å². The quantitative estimate of drug-likeness (QED) is 0.872. The molecule has 22 heavy (non-hydrogen) atoms. The average Bonchev–Trinajstić information content (AvgIpc) is 3.00. The fraction of sp³-hybridized carbons (Fsp3) is 0.500. The molecule has 3 N–H and O–H groups in total. The van der Waals surface area contributed by atoms with Gasteiger partial charge in [0.05, 0.1) is 0 Å². The molecule has 1 aromatic rings. The first kappa shape index (κ1) is 18.5. The average molecular weight is 326 g/mol. The van der Waals surface area contributed by atoms with Gasteiger partial charge in [-0.25, -0.2) is 0 Å². The van der Waals surface area contributed by atoms with E-state index in [2.05, 4.69) is 5.32 Å². The summed E-state index contributed by atoms with van der Waals surface area (Å²) in [5.41, 5.74) is 7.74. The molecule has 2 amide bonds. The molecule has 0 atom stereocenters. The minimum absolute atomic E-state index is 0. The van der Waals surface area contributed by atoms with Gasteiger partial charge in [-0.2, -0.15) is 0 Å². The molecule has 122 valence electrons. The number of halogens is 1. The van der Waals surface area contributed by atoms with E-state index < -0.39 is 0 Å². The summed E-state index contributed by atoms with van der Waals surface area (Å²) in [4.78, 5) is 25.9. The van der Waals surface area contributed by atoms with Crippen LogP contribution in [0.5, 0.6) is 0 Å². The predicted octanol–water partition coefficient (Wildman–Crippen LogP) is 2.33. The molecule has 2 rings (SSSR count). The summed E-state index contributed by atoms with van der Waals surface area (Å²) in [6, 6.07) is 5.43. The van der Waals surface area contributed by atoms with Gasteiger partial charge in [-0.15, -0.1) is 12.4 Å². The Bertz CT molecular complexity index is 528. The number of aryl methyl sites for hydroxylation is 1. The molecule has 0 aromatic heterocycles. The Morgan fingerprint density at radius 1 is 1.27 bits per heavy atom. The highest BCUT2D eigenvalue weighted by atomic mass is 35.5. The molecule has 0 unspecified atom stereocenters. The highest BCUT2D eigenvalue weighted by molar-refractivity contribution is 5.96. The van der Waals surface area contributed by atoms with Gasteiger partial charge >= 0.3 is 0 Å². The number of likely N-dealkylation sites (tertiary alicyclic amines) is 1. The Hall–Kier alpha value is -1.59. The van der Waals surface area contributed by atoms with Crippen molar-refractivity contribution >= 4 is 29.9 Å². The number of carbonyl (C=O) groups excluding carboxylic acids is 2. The number of nitrogens with two attached hydrogens (primary N) is 1. The van der Waals surface area contributed by atoms with Crippen molar-refractivity contribution in [3.8, 4) is 0 Å². The summed E-state index contributed by atoms with van der Waals surface area (Å²) >= 11 is 0. The number of anilines is 1. The maximum Gasteiger partial charge on any atom is 0.253 e. The van der Waals surface area contributed by atoms with Gasteiger partial charge in [0, 0.05) is 30.8 Å². The van der Waals surface area contributed by atoms with E-state index in [1.807, 2.05) is 17.9 Å². The van der Waals surface area contributed by atoms with Crippen LogP contribution in [-0.2, 0) is 4.79 Å². The second kappa shape index (κ2) is 8.76. The summed E-state index contributed by atoms with van der Waals surface area (Å²) in [6.07, 6.45) is 3.26. The zero-order chi connectivity index (χ0) is 15.2. The first-order valence-electron chi connectivity index (χ1n) is 7.51. The van der Waals surface area contributed by atoms with E-state index in [-0.39, 0.29) is 24.2 Å². The number of nitrogens with one attached hydrogen (secondary N) is 1. The smallest absolute Gasteiger partial charge is 0.253 e. The van der Waals surface area contributed by atoms with Crippen LogP contribution in [0.15, 0.2) is 18.2 Å². The fourth-order valence-corrected chi connectivity index (χ4v) is 2.52. The zero-order valence-corrected chi connectivity index (χ0v) is 13.7. The molecule has 1 aliphatic heterocycles. The third kappa shape index (κ3) is 4.71. The van der Waals surface area contributed by atoms with E-state index in [9.17, 15) is 9.59 Å². The van der Waals surface area contributed by atoms with Crippen LogP contribution in [0.2, 0.25) is 0 Å². The molecule has 0 aliphatic carbocycles. The van der Waals surface area contributed by atoms with Crippen molar-refractivity contribution in [1.29, 1.82) is 0 Å². The van der Waals surface area contributed by atoms with Crippen LogP contribution in [0.1, 0.15) is 41.6 Å². The van der Waals surface area contributed by atoms with Crippen molar-refractivity contribution in [2.75, 3.05) is 25.0 Å². The van der Waals surface area contributed by atoms with Gasteiger partial charge in [-0.3, -0.25) is 9.59 Å². The van der Waals surface area contributed by atoms with Crippen LogP contribution in [0.25, 0.3) is 0 Å². The van der Waals surface area contributed by atoms with Crippen molar-refractivity contribution in [3.63, 3.8) is 0 Å². The molecule has 1 aliphatic rings. The highest BCUT2D eigenvalue weighted by Crippen LogP contribution is 2.19. The molecule has 0 bridgehead atoms. The minimum atomic E-state index is -0.0397. The standard InChI is InChI=1S/C16H23N3O2.ClH/c1-12-11-13(16(21)19-9-2-3-10-19)6-7-14(12)18-15(20)5-4-8-17;/h6-7,11H,2-5,8-10,17H2,1H3,(H,18,20);1H. The van der Waals surface area contributed by atoms with Crippen LogP contribution >= 0.6 is 12.4 Å². The van der Waals surface area contributed by atoms with Gasteiger partial charge in [0.25, 0.3) is 5.91 Å². The van der Waals surface area contributed by atoms with Gasteiger partial charge in [-0.1, -0.05) is 0 Å². The van der Waals surface area contributed by atoms with E-state index in [1.165, 1.54) is 0 Å². The van der Waals surface area contributed by atoms with Gasteiger partial charge in [-0.05, 0) is 56.5 Å². The number of rotatable bonds is 5. The third-order valence-corrected chi connectivity index (χ3v) is 3.75. The lowest BCUT2D eigenvalue weighted by Crippen LogP contribution is -2.27. The summed E-state index contributed by atoms with van der Waals surface area (Å²) in [7, 11) is 0. The van der Waals surface area contributed by atoms with Crippen LogP contribution in [0.3, 0.4) is 0 Å². The number of hydrogen-bond donors (Lipinski definition) is 2. The van der Waals surface area contributed by atoms with Gasteiger partial charge in [0.15, 0.2) is 0 Å². The normalized spacial score (nSPS) is 13.6. The summed E-state index contributed by atoms with van der Waals surface area (Å²) < 4.78 is 0. The molecule has 1 aromatic carbocycles. The van der Waals surface area contributed by atoms with Crippen LogP contribution in [0.4, 0.5) is 5.69 Å². The minimum Gasteiger partial charge on any atom is -0.339 e. The van der Waals surface area contributed by atoms with E-state index >= 15 is 0 Å². The molecular weight excluding hydrogens is 302 g/mol. The lowest BCUT2D eigenvalue weighted by molar-refractivity contribution is -0.116. The molecule has 5 nitrogen and oxygen atoms in total. The molecule has 0 saturated carbocycles. The van der Waals surface area contributed by atoms with Gasteiger partial charge < -0.3 is 16.0 Å². The Kier molecular flexibility index (Phi) is 7.35. The monoisotopic (exact) mass is 325 g/mol. The molecule has 1 saturated heterocycles. The zero-order valence-electron chi connectivity index (χ0n) is 12.9. The topological polar surface area (TPSA) is 75.4 Å². The molecule has 6 heteroatoms. The lowest BCUT2D eigenvalue weighted by atomic mass is 10.1. The predicted molar refractivity (Wildman–Crippen MR) is 90.5 cm³/mol. The number of carbonyl (C=O) groups is 2. The number of nitrogens with zero attached hydrogens (tertiary/aromatic N) is 1. The number of amides is 2. The van der Waals surface area contributed by atoms with E-state index in [0.717, 1.165) is 37.2 Å². The van der Waals surface area contributed by atoms with E-state index in [0.29, 0.717) is 24.9 Å². The first-order valence-corrected chi connectivity index (χ1v) is 7.51. The van der Waals surface area contributed by atoms with Crippen molar-refractivity contribution in [2.24, 2.45) is 5.73 Å². The summed E-state index contributed by atoms with van der Waals surface area (Å²) in [6.45, 7) is 4.10. The first-order chi connectivity index (χ1) is 10.1. The molecule has 0 radical (unpaired) electrons. The van der Waals surface area contributed by atoms with Crippen LogP contribution in [0, 0.1) is 6.92 Å². The second-order valence-electron chi connectivity index (χ2n) is 5.47. The van der Waals surface area contributed by atoms with Crippen LogP contribution in [-0.4, -0.2) is 36.3 Å². The molecule has 1 fully saturated rings. The largest absolute Gasteiger partial charge is 0.339 e. The Morgan fingerprint density at radius 3 is 2.55 bits per heavy atom. The Labute approximate surface area is 137 Å². The van der Waals surface area contributed by atoms with Crippen molar-refractivity contribution in [2.45, 2.75) is 32.6 Å². The maximum absolute atomic E-state index is 12.3. The van der Waals surface area contributed by atoms with Crippen molar-refractivity contribution < 1.29 is 9.59 Å². The lowest BCUT2D eigenvalue weighted by Gasteiger charge is -2.16. The number of benzene rings is 1. The fourth-order valence-electron chi connectivity index (χ4n) is 2.52. The van der Waals surface area contributed by atoms with Crippen molar-refractivity contribution in [1.82, 2.24) is 4.90 Å². The second-order valence-corrected chi connectivity index (χ2v) is 5.47. The maximum atomic E-state index is 12.3. The van der Waals surface area contributed by atoms with Crippen molar-refractivity contribution in [3.05, 3.63) is 29.3 Å².